The normalized spacial score (nSPS) is 13.9. The van der Waals surface area contributed by atoms with Crippen LogP contribution in [0.5, 0.6) is 0 Å². The number of hydrogen-bond acceptors (Lipinski definition) is 3. The molecule has 84 valence electrons. The Labute approximate surface area is 91.4 Å². The van der Waals surface area contributed by atoms with Gasteiger partial charge < -0.3 is 10.6 Å². The standard InChI is InChI=1S/C10H22N2OS/c1-10(2,3)8(11)9(13)12(4)6-7-14-5/h8H,6-7,11H2,1-5H3/t8-/m0/s1. The van der Waals surface area contributed by atoms with E-state index < -0.39 is 6.04 Å². The zero-order valence-corrected chi connectivity index (χ0v) is 10.6. The third-order valence-electron chi connectivity index (χ3n) is 2.21. The molecule has 0 fully saturated rings. The molecule has 0 aromatic rings. The van der Waals surface area contributed by atoms with Gasteiger partial charge >= 0.3 is 0 Å². The van der Waals surface area contributed by atoms with Crippen LogP contribution in [-0.4, -0.2) is 42.4 Å². The van der Waals surface area contributed by atoms with Gasteiger partial charge in [-0.25, -0.2) is 0 Å². The lowest BCUT2D eigenvalue weighted by Crippen LogP contribution is -2.49. The van der Waals surface area contributed by atoms with Gasteiger partial charge in [0.2, 0.25) is 5.91 Å². The number of carbonyl (C=O) groups is 1. The van der Waals surface area contributed by atoms with Crippen LogP contribution in [0.2, 0.25) is 0 Å². The summed E-state index contributed by atoms with van der Waals surface area (Å²) in [4.78, 5) is 13.5. The number of rotatable bonds is 4. The molecule has 0 saturated heterocycles. The maximum Gasteiger partial charge on any atom is 0.239 e. The maximum absolute atomic E-state index is 11.8. The molecule has 0 radical (unpaired) electrons. The molecule has 2 N–H and O–H groups in total. The summed E-state index contributed by atoms with van der Waals surface area (Å²) in [5.41, 5.74) is 5.71. The molecule has 3 nitrogen and oxygen atoms in total. The highest BCUT2D eigenvalue weighted by Crippen LogP contribution is 2.18. The fourth-order valence-electron chi connectivity index (χ4n) is 0.946. The quantitative estimate of drug-likeness (QED) is 0.771. The highest BCUT2D eigenvalue weighted by Gasteiger charge is 2.29. The van der Waals surface area contributed by atoms with E-state index >= 15 is 0 Å². The number of hydrogen-bond donors (Lipinski definition) is 1. The van der Waals surface area contributed by atoms with E-state index in [9.17, 15) is 4.79 Å². The van der Waals surface area contributed by atoms with Crippen molar-refractivity contribution in [3.8, 4) is 0 Å². The zero-order chi connectivity index (χ0) is 11.4. The summed E-state index contributed by atoms with van der Waals surface area (Å²) in [6.45, 7) is 6.72. The van der Waals surface area contributed by atoms with Gasteiger partial charge in [-0.3, -0.25) is 4.79 Å². The monoisotopic (exact) mass is 218 g/mol. The molecule has 0 saturated carbocycles. The first-order chi connectivity index (χ1) is 6.30. The molecule has 0 unspecified atom stereocenters. The number of amides is 1. The van der Waals surface area contributed by atoms with Crippen LogP contribution >= 0.6 is 11.8 Å². The largest absolute Gasteiger partial charge is 0.344 e. The molecule has 14 heavy (non-hydrogen) atoms. The number of nitrogens with zero attached hydrogens (tertiary/aromatic N) is 1. The van der Waals surface area contributed by atoms with E-state index in [-0.39, 0.29) is 11.3 Å². The minimum absolute atomic E-state index is 0.0338. The average Bonchev–Trinajstić information content (AvgIpc) is 2.10. The van der Waals surface area contributed by atoms with Crippen LogP contribution in [0.1, 0.15) is 20.8 Å². The van der Waals surface area contributed by atoms with Crippen molar-refractivity contribution in [1.82, 2.24) is 4.90 Å². The lowest BCUT2D eigenvalue weighted by atomic mass is 9.86. The molecule has 0 rings (SSSR count). The first kappa shape index (κ1) is 13.8. The lowest BCUT2D eigenvalue weighted by Gasteiger charge is -2.29. The van der Waals surface area contributed by atoms with Gasteiger partial charge in [-0.2, -0.15) is 11.8 Å². The third kappa shape index (κ3) is 4.33. The van der Waals surface area contributed by atoms with Crippen LogP contribution in [0, 0.1) is 5.41 Å². The van der Waals surface area contributed by atoms with E-state index in [1.165, 1.54) is 0 Å². The molecular weight excluding hydrogens is 196 g/mol. The molecule has 1 amide bonds. The summed E-state index contributed by atoms with van der Waals surface area (Å²) in [6, 6.07) is -0.408. The predicted molar refractivity (Wildman–Crippen MR) is 63.4 cm³/mol. The molecule has 0 bridgehead atoms. The van der Waals surface area contributed by atoms with Crippen LogP contribution in [-0.2, 0) is 4.79 Å². The van der Waals surface area contributed by atoms with Crippen LogP contribution in [0.15, 0.2) is 0 Å². The molecular formula is C10H22N2OS. The van der Waals surface area contributed by atoms with E-state index in [0.29, 0.717) is 0 Å². The number of carbonyl (C=O) groups excluding carboxylic acids is 1. The van der Waals surface area contributed by atoms with Crippen molar-refractivity contribution in [3.63, 3.8) is 0 Å². The van der Waals surface area contributed by atoms with Gasteiger partial charge in [0.15, 0.2) is 0 Å². The molecule has 0 spiro atoms. The molecule has 0 aromatic heterocycles. The smallest absolute Gasteiger partial charge is 0.239 e. The fourth-order valence-corrected chi connectivity index (χ4v) is 1.40. The molecule has 0 heterocycles. The molecule has 4 heteroatoms. The predicted octanol–water partition coefficient (Wildman–Crippen LogP) is 1.18. The Balaban J connectivity index is 4.18. The Kier molecular flexibility index (Phi) is 5.52. The van der Waals surface area contributed by atoms with Gasteiger partial charge in [0.25, 0.3) is 0 Å². The van der Waals surface area contributed by atoms with Crippen LogP contribution < -0.4 is 5.73 Å². The van der Waals surface area contributed by atoms with E-state index in [1.807, 2.05) is 34.1 Å². The summed E-state index contributed by atoms with van der Waals surface area (Å²) in [7, 11) is 1.81. The zero-order valence-electron chi connectivity index (χ0n) is 9.83. The van der Waals surface area contributed by atoms with E-state index in [1.54, 1.807) is 16.7 Å². The van der Waals surface area contributed by atoms with Crippen LogP contribution in [0.3, 0.4) is 0 Å². The SMILES string of the molecule is CSCCN(C)C(=O)[C@H](N)C(C)(C)C. The molecule has 0 aliphatic heterocycles. The Morgan fingerprint density at radius 2 is 2.00 bits per heavy atom. The third-order valence-corrected chi connectivity index (χ3v) is 2.80. The Morgan fingerprint density at radius 3 is 2.36 bits per heavy atom. The minimum atomic E-state index is -0.408. The van der Waals surface area contributed by atoms with Crippen molar-refractivity contribution in [3.05, 3.63) is 0 Å². The fraction of sp³-hybridized carbons (Fsp3) is 0.900. The highest BCUT2D eigenvalue weighted by molar-refractivity contribution is 7.98. The first-order valence-corrected chi connectivity index (χ1v) is 6.19. The van der Waals surface area contributed by atoms with Gasteiger partial charge in [0.05, 0.1) is 6.04 Å². The average molecular weight is 218 g/mol. The van der Waals surface area contributed by atoms with Gasteiger partial charge in [0, 0.05) is 19.3 Å². The number of likely N-dealkylation sites (N-methyl/N-ethyl adjacent to an activating group) is 1. The second kappa shape index (κ2) is 5.61. The molecule has 0 aliphatic rings. The van der Waals surface area contributed by atoms with Crippen molar-refractivity contribution < 1.29 is 4.79 Å². The topological polar surface area (TPSA) is 46.3 Å². The molecule has 1 atom stereocenters. The minimum Gasteiger partial charge on any atom is -0.344 e. The summed E-state index contributed by atoms with van der Waals surface area (Å²) in [5.74, 6) is 0.991. The number of thioether (sulfide) groups is 1. The van der Waals surface area contributed by atoms with Gasteiger partial charge in [-0.15, -0.1) is 0 Å². The van der Waals surface area contributed by atoms with E-state index in [0.717, 1.165) is 12.3 Å². The van der Waals surface area contributed by atoms with Crippen molar-refractivity contribution in [2.24, 2.45) is 11.1 Å². The Bertz CT molecular complexity index is 189. The van der Waals surface area contributed by atoms with Crippen molar-refractivity contribution in [2.75, 3.05) is 25.6 Å². The van der Waals surface area contributed by atoms with Crippen molar-refractivity contribution in [1.29, 1.82) is 0 Å². The summed E-state index contributed by atoms with van der Waals surface area (Å²) < 4.78 is 0. The van der Waals surface area contributed by atoms with Crippen molar-refractivity contribution in [2.45, 2.75) is 26.8 Å². The second-order valence-corrected chi connectivity index (χ2v) is 5.58. The Morgan fingerprint density at radius 1 is 1.50 bits per heavy atom. The number of nitrogens with two attached hydrogens (primary N) is 1. The summed E-state index contributed by atoms with van der Waals surface area (Å²) >= 11 is 1.73. The second-order valence-electron chi connectivity index (χ2n) is 4.60. The molecule has 0 aliphatic carbocycles. The van der Waals surface area contributed by atoms with Gasteiger partial charge in [-0.1, -0.05) is 20.8 Å². The first-order valence-electron chi connectivity index (χ1n) is 4.80. The van der Waals surface area contributed by atoms with Crippen molar-refractivity contribution >= 4 is 17.7 Å². The van der Waals surface area contributed by atoms with Gasteiger partial charge in [0.1, 0.15) is 0 Å². The van der Waals surface area contributed by atoms with Crippen LogP contribution in [0.25, 0.3) is 0 Å². The Hall–Kier alpha value is -0.220. The van der Waals surface area contributed by atoms with E-state index in [2.05, 4.69) is 0 Å². The van der Waals surface area contributed by atoms with Crippen LogP contribution in [0.4, 0.5) is 0 Å². The summed E-state index contributed by atoms with van der Waals surface area (Å²) in [5, 5.41) is 0. The lowest BCUT2D eigenvalue weighted by molar-refractivity contribution is -0.133. The van der Waals surface area contributed by atoms with Gasteiger partial charge in [-0.05, 0) is 11.7 Å². The molecule has 0 aromatic carbocycles. The maximum atomic E-state index is 11.8. The highest BCUT2D eigenvalue weighted by atomic mass is 32.2. The summed E-state index contributed by atoms with van der Waals surface area (Å²) in [6.07, 6.45) is 2.03. The van der Waals surface area contributed by atoms with E-state index in [4.69, 9.17) is 5.73 Å².